The number of para-hydroxylation sites is 3. The Bertz CT molecular complexity index is 1600. The highest BCUT2D eigenvalue weighted by Gasteiger charge is 2.16. The predicted octanol–water partition coefficient (Wildman–Crippen LogP) is 4.11. The third-order valence-corrected chi connectivity index (χ3v) is 7.88. The molecule has 2 heterocycles. The quantitative estimate of drug-likeness (QED) is 0.199. The Morgan fingerprint density at radius 3 is 2.48 bits per heavy atom. The van der Waals surface area contributed by atoms with Crippen LogP contribution in [0.5, 0.6) is 5.75 Å². The van der Waals surface area contributed by atoms with Gasteiger partial charge in [0.25, 0.3) is 11.5 Å². The molecule has 0 radical (unpaired) electrons. The Kier molecular flexibility index (Phi) is 9.86. The van der Waals surface area contributed by atoms with Gasteiger partial charge in [0.2, 0.25) is 5.91 Å². The smallest absolute Gasteiger partial charge is 0.262 e. The molecule has 0 unspecified atom stereocenters. The monoisotopic (exact) mass is 587 g/mol. The number of methoxy groups -OCH3 is 1. The minimum atomic E-state index is -0.290. The maximum atomic E-state index is 13.3. The zero-order chi connectivity index (χ0) is 29.3. The molecule has 0 bridgehead atoms. The lowest BCUT2D eigenvalue weighted by Crippen LogP contribution is -2.37. The summed E-state index contributed by atoms with van der Waals surface area (Å²) in [6.45, 7) is 4.61. The lowest BCUT2D eigenvalue weighted by atomic mass is 10.2. The van der Waals surface area contributed by atoms with Crippen molar-refractivity contribution in [3.05, 3.63) is 88.7 Å². The number of thioether (sulfide) groups is 1. The molecule has 10 nitrogen and oxygen atoms in total. The fraction of sp³-hybridized carbons (Fsp3) is 0.290. The maximum Gasteiger partial charge on any atom is 0.262 e. The normalized spacial score (nSPS) is 13.5. The first-order valence-electron chi connectivity index (χ1n) is 13.8. The van der Waals surface area contributed by atoms with Crippen LogP contribution in [0, 0.1) is 0 Å². The molecule has 0 spiro atoms. The number of morpholine rings is 1. The van der Waals surface area contributed by atoms with Crippen LogP contribution in [0.25, 0.3) is 10.9 Å². The summed E-state index contributed by atoms with van der Waals surface area (Å²) in [6.07, 6.45) is 0.788. The van der Waals surface area contributed by atoms with Gasteiger partial charge in [-0.25, -0.2) is 4.98 Å². The number of anilines is 2. The minimum absolute atomic E-state index is 0.0737. The number of rotatable bonds is 11. The number of fused-ring (bicyclic) bond motifs is 1. The highest BCUT2D eigenvalue weighted by Crippen LogP contribution is 2.24. The molecular weight excluding hydrogens is 554 g/mol. The molecule has 4 aromatic rings. The van der Waals surface area contributed by atoms with Crippen LogP contribution in [0.2, 0.25) is 0 Å². The molecular formula is C31H33N5O5S. The summed E-state index contributed by atoms with van der Waals surface area (Å²) in [4.78, 5) is 45.9. The largest absolute Gasteiger partial charge is 0.495 e. The van der Waals surface area contributed by atoms with E-state index in [-0.39, 0.29) is 23.1 Å². The van der Waals surface area contributed by atoms with Gasteiger partial charge in [0.1, 0.15) is 5.75 Å². The first-order valence-corrected chi connectivity index (χ1v) is 14.8. The Labute approximate surface area is 248 Å². The van der Waals surface area contributed by atoms with E-state index in [1.54, 1.807) is 54.1 Å². The van der Waals surface area contributed by atoms with Crippen LogP contribution in [0.3, 0.4) is 0 Å². The van der Waals surface area contributed by atoms with Crippen LogP contribution in [-0.2, 0) is 16.1 Å². The molecule has 1 aliphatic heterocycles. The molecule has 11 heteroatoms. The summed E-state index contributed by atoms with van der Waals surface area (Å²) < 4.78 is 12.4. The summed E-state index contributed by atoms with van der Waals surface area (Å²) in [7, 11) is 1.54. The number of ether oxygens (including phenoxy) is 2. The number of hydrogen-bond acceptors (Lipinski definition) is 8. The Morgan fingerprint density at radius 2 is 1.69 bits per heavy atom. The lowest BCUT2D eigenvalue weighted by Gasteiger charge is -2.26. The van der Waals surface area contributed by atoms with E-state index in [0.717, 1.165) is 39.3 Å². The molecule has 5 rings (SSSR count). The third-order valence-electron chi connectivity index (χ3n) is 6.90. The van der Waals surface area contributed by atoms with Crippen molar-refractivity contribution in [1.82, 2.24) is 14.5 Å². The summed E-state index contributed by atoms with van der Waals surface area (Å²) in [6, 6.07) is 21.1. The molecule has 218 valence electrons. The van der Waals surface area contributed by atoms with Gasteiger partial charge in [-0.05, 0) is 55.0 Å². The van der Waals surface area contributed by atoms with Crippen molar-refractivity contribution in [3.8, 4) is 5.75 Å². The van der Waals surface area contributed by atoms with Gasteiger partial charge in [-0.15, -0.1) is 0 Å². The summed E-state index contributed by atoms with van der Waals surface area (Å²) in [5, 5.41) is 6.77. The van der Waals surface area contributed by atoms with Gasteiger partial charge in [0.05, 0.1) is 42.7 Å². The number of carbonyl (C=O) groups is 2. The van der Waals surface area contributed by atoms with Gasteiger partial charge in [-0.1, -0.05) is 36.0 Å². The van der Waals surface area contributed by atoms with Crippen LogP contribution in [0.4, 0.5) is 11.4 Å². The van der Waals surface area contributed by atoms with Crippen molar-refractivity contribution in [2.75, 3.05) is 56.3 Å². The van der Waals surface area contributed by atoms with Crippen LogP contribution in [0.15, 0.2) is 82.7 Å². The highest BCUT2D eigenvalue weighted by molar-refractivity contribution is 7.99. The van der Waals surface area contributed by atoms with E-state index >= 15 is 0 Å². The van der Waals surface area contributed by atoms with Crippen molar-refractivity contribution in [1.29, 1.82) is 0 Å². The van der Waals surface area contributed by atoms with Crippen molar-refractivity contribution in [2.45, 2.75) is 18.1 Å². The second kappa shape index (κ2) is 14.1. The van der Waals surface area contributed by atoms with Gasteiger partial charge >= 0.3 is 0 Å². The van der Waals surface area contributed by atoms with Crippen molar-refractivity contribution in [3.63, 3.8) is 0 Å². The van der Waals surface area contributed by atoms with Gasteiger partial charge in [-0.3, -0.25) is 23.9 Å². The third kappa shape index (κ3) is 7.35. The molecule has 1 aromatic heterocycles. The van der Waals surface area contributed by atoms with E-state index in [1.807, 2.05) is 30.3 Å². The zero-order valence-electron chi connectivity index (χ0n) is 23.4. The fourth-order valence-corrected chi connectivity index (χ4v) is 5.53. The van der Waals surface area contributed by atoms with Gasteiger partial charge in [0, 0.05) is 37.4 Å². The Morgan fingerprint density at radius 1 is 0.952 bits per heavy atom. The highest BCUT2D eigenvalue weighted by atomic mass is 32.2. The number of carbonyl (C=O) groups excluding carboxylic acids is 2. The van der Waals surface area contributed by atoms with Crippen LogP contribution >= 0.6 is 11.8 Å². The number of aromatic nitrogens is 2. The second-order valence-electron chi connectivity index (χ2n) is 9.74. The molecule has 3 aromatic carbocycles. The topological polar surface area (TPSA) is 115 Å². The van der Waals surface area contributed by atoms with E-state index < -0.39 is 0 Å². The maximum absolute atomic E-state index is 13.3. The minimum Gasteiger partial charge on any atom is -0.495 e. The summed E-state index contributed by atoms with van der Waals surface area (Å²) in [5.41, 5.74) is 2.07. The molecule has 1 aliphatic rings. The first kappa shape index (κ1) is 29.3. The Hall–Kier alpha value is -4.19. The number of benzene rings is 3. The first-order chi connectivity index (χ1) is 20.5. The van der Waals surface area contributed by atoms with Gasteiger partial charge in [0.15, 0.2) is 5.16 Å². The van der Waals surface area contributed by atoms with Crippen LogP contribution in [0.1, 0.15) is 16.8 Å². The van der Waals surface area contributed by atoms with Gasteiger partial charge < -0.3 is 20.1 Å². The Balaban J connectivity index is 1.21. The molecule has 2 amide bonds. The SMILES string of the molecule is COc1ccccc1NC(=O)c1ccc(NC(=O)CSc2nc3ccccc3c(=O)n2CCCN2CCOCC2)cc1. The molecule has 1 saturated heterocycles. The van der Waals surface area contributed by atoms with E-state index in [2.05, 4.69) is 15.5 Å². The van der Waals surface area contributed by atoms with E-state index in [9.17, 15) is 14.4 Å². The molecule has 0 atom stereocenters. The predicted molar refractivity (Wildman–Crippen MR) is 165 cm³/mol. The number of nitrogens with one attached hydrogen (secondary N) is 2. The summed E-state index contributed by atoms with van der Waals surface area (Å²) >= 11 is 1.23. The van der Waals surface area contributed by atoms with Crippen LogP contribution in [-0.4, -0.2) is 72.0 Å². The number of hydrogen-bond donors (Lipinski definition) is 2. The molecule has 2 N–H and O–H groups in total. The lowest BCUT2D eigenvalue weighted by molar-refractivity contribution is -0.113. The molecule has 0 aliphatic carbocycles. The molecule has 42 heavy (non-hydrogen) atoms. The van der Waals surface area contributed by atoms with Crippen molar-refractivity contribution in [2.24, 2.45) is 0 Å². The number of nitrogens with zero attached hydrogens (tertiary/aromatic N) is 3. The molecule has 0 saturated carbocycles. The zero-order valence-corrected chi connectivity index (χ0v) is 24.2. The van der Waals surface area contributed by atoms with E-state index in [4.69, 9.17) is 14.5 Å². The molecule has 1 fully saturated rings. The van der Waals surface area contributed by atoms with Crippen molar-refractivity contribution >= 4 is 45.9 Å². The fourth-order valence-electron chi connectivity index (χ4n) is 4.71. The van der Waals surface area contributed by atoms with Crippen LogP contribution < -0.4 is 20.9 Å². The standard InChI is InChI=1S/C31H33N5O5S/c1-40-27-10-5-4-9-26(27)33-29(38)22-11-13-23(14-12-22)32-28(37)21-42-31-34-25-8-3-2-7-24(25)30(39)36(31)16-6-15-35-17-19-41-20-18-35/h2-5,7-14H,6,15-21H2,1H3,(H,32,37)(H,33,38). The van der Waals surface area contributed by atoms with Gasteiger partial charge in [-0.2, -0.15) is 0 Å². The van der Waals surface area contributed by atoms with Crippen molar-refractivity contribution < 1.29 is 19.1 Å². The van der Waals surface area contributed by atoms with E-state index in [1.165, 1.54) is 11.8 Å². The average molecular weight is 588 g/mol. The average Bonchev–Trinajstić information content (AvgIpc) is 3.02. The van der Waals surface area contributed by atoms with E-state index in [0.29, 0.717) is 45.3 Å². The second-order valence-corrected chi connectivity index (χ2v) is 10.7. The summed E-state index contributed by atoms with van der Waals surface area (Å²) in [5.74, 6) is 0.107. The number of amides is 2.